The molecule has 0 aromatic carbocycles. The molecule has 1 aliphatic carbocycles. The van der Waals surface area contributed by atoms with E-state index in [-0.39, 0.29) is 18.0 Å². The van der Waals surface area contributed by atoms with Crippen LogP contribution in [0.25, 0.3) is 0 Å². The molecule has 1 fully saturated rings. The van der Waals surface area contributed by atoms with Gasteiger partial charge in [-0.05, 0) is 31.1 Å². The summed E-state index contributed by atoms with van der Waals surface area (Å²) in [5.74, 6) is 1.63. The highest BCUT2D eigenvalue weighted by atomic mass is 15.1. The molecule has 1 rings (SSSR count). The first kappa shape index (κ1) is 11.8. The lowest BCUT2D eigenvalue weighted by Gasteiger charge is -2.29. The van der Waals surface area contributed by atoms with E-state index in [0.717, 1.165) is 18.8 Å². The van der Waals surface area contributed by atoms with E-state index in [2.05, 4.69) is 23.8 Å². The standard InChI is InChI=1S/C10H21N5/c1-6-3-4-8(5-7(6)2)14-10(13)15-9(11)12/h6-8H,3-5H2,1-2H3,(H6,11,12,13,14,15). The molecule has 15 heavy (non-hydrogen) atoms. The Bertz CT molecular complexity index is 267. The zero-order chi connectivity index (χ0) is 11.4. The minimum absolute atomic E-state index is 0.0338. The summed E-state index contributed by atoms with van der Waals surface area (Å²) < 4.78 is 0. The third-order valence-corrected chi connectivity index (χ3v) is 3.13. The molecular formula is C10H21N5. The summed E-state index contributed by atoms with van der Waals surface area (Å²) in [6.45, 7) is 4.53. The summed E-state index contributed by atoms with van der Waals surface area (Å²) in [5, 5.41) is 0. The third kappa shape index (κ3) is 3.77. The van der Waals surface area contributed by atoms with Crippen molar-refractivity contribution in [1.29, 1.82) is 0 Å². The van der Waals surface area contributed by atoms with E-state index in [4.69, 9.17) is 17.2 Å². The predicted molar refractivity (Wildman–Crippen MR) is 63.4 cm³/mol. The number of aliphatic imine (C=N–C) groups is 2. The van der Waals surface area contributed by atoms with Crippen molar-refractivity contribution in [3.63, 3.8) is 0 Å². The van der Waals surface area contributed by atoms with Gasteiger partial charge in [-0.15, -0.1) is 0 Å². The lowest BCUT2D eigenvalue weighted by molar-refractivity contribution is 0.252. The maximum atomic E-state index is 5.59. The summed E-state index contributed by atoms with van der Waals surface area (Å²) in [7, 11) is 0. The first-order valence-corrected chi connectivity index (χ1v) is 5.42. The summed E-state index contributed by atoms with van der Waals surface area (Å²) in [5.41, 5.74) is 16.0. The van der Waals surface area contributed by atoms with E-state index in [9.17, 15) is 0 Å². The van der Waals surface area contributed by atoms with Gasteiger partial charge in [0.25, 0.3) is 0 Å². The average molecular weight is 211 g/mol. The second kappa shape index (κ2) is 5.00. The molecule has 0 aromatic rings. The minimum Gasteiger partial charge on any atom is -0.370 e. The van der Waals surface area contributed by atoms with Gasteiger partial charge >= 0.3 is 0 Å². The highest BCUT2D eigenvalue weighted by Gasteiger charge is 2.24. The van der Waals surface area contributed by atoms with Gasteiger partial charge in [-0.1, -0.05) is 13.8 Å². The van der Waals surface area contributed by atoms with Crippen LogP contribution < -0.4 is 17.2 Å². The zero-order valence-electron chi connectivity index (χ0n) is 9.48. The topological polar surface area (TPSA) is 103 Å². The van der Waals surface area contributed by atoms with Crippen LogP contribution in [0.15, 0.2) is 9.98 Å². The Morgan fingerprint density at radius 1 is 1.07 bits per heavy atom. The smallest absolute Gasteiger partial charge is 0.218 e. The summed E-state index contributed by atoms with van der Waals surface area (Å²) in [4.78, 5) is 8.02. The molecule has 86 valence electrons. The molecule has 0 spiro atoms. The largest absolute Gasteiger partial charge is 0.370 e. The van der Waals surface area contributed by atoms with Crippen molar-refractivity contribution in [3.8, 4) is 0 Å². The van der Waals surface area contributed by atoms with Crippen molar-refractivity contribution in [2.75, 3.05) is 0 Å². The number of hydrogen-bond acceptors (Lipinski definition) is 1. The van der Waals surface area contributed by atoms with Crippen LogP contribution in [0.1, 0.15) is 33.1 Å². The molecule has 0 aromatic heterocycles. The Balaban J connectivity index is 2.56. The molecule has 5 nitrogen and oxygen atoms in total. The van der Waals surface area contributed by atoms with Crippen LogP contribution in [0.2, 0.25) is 0 Å². The van der Waals surface area contributed by atoms with Gasteiger partial charge in [0.1, 0.15) is 0 Å². The number of rotatable bonds is 1. The molecule has 0 radical (unpaired) electrons. The van der Waals surface area contributed by atoms with E-state index >= 15 is 0 Å². The van der Waals surface area contributed by atoms with Crippen molar-refractivity contribution >= 4 is 11.9 Å². The predicted octanol–water partition coefficient (Wildman–Crippen LogP) is 0.399. The maximum Gasteiger partial charge on any atom is 0.218 e. The lowest BCUT2D eigenvalue weighted by atomic mass is 9.79. The van der Waals surface area contributed by atoms with Crippen LogP contribution in [0.4, 0.5) is 0 Å². The van der Waals surface area contributed by atoms with Gasteiger partial charge in [-0.2, -0.15) is 4.99 Å². The summed E-state index contributed by atoms with van der Waals surface area (Å²) in [6, 6.07) is 0.277. The second-order valence-corrected chi connectivity index (χ2v) is 4.45. The first-order valence-electron chi connectivity index (χ1n) is 5.42. The lowest BCUT2D eigenvalue weighted by Crippen LogP contribution is -2.29. The fourth-order valence-corrected chi connectivity index (χ4v) is 1.98. The van der Waals surface area contributed by atoms with Gasteiger partial charge in [0.05, 0.1) is 6.04 Å². The fourth-order valence-electron chi connectivity index (χ4n) is 1.98. The SMILES string of the molecule is CC1CCC(N=C(N)N=C(N)N)CC1C. The molecule has 6 N–H and O–H groups in total. The number of guanidine groups is 2. The van der Waals surface area contributed by atoms with Crippen molar-refractivity contribution < 1.29 is 0 Å². The van der Waals surface area contributed by atoms with Gasteiger partial charge in [0, 0.05) is 0 Å². The van der Waals surface area contributed by atoms with Crippen LogP contribution in [0, 0.1) is 11.8 Å². The molecule has 5 heteroatoms. The van der Waals surface area contributed by atoms with E-state index in [1.165, 1.54) is 6.42 Å². The van der Waals surface area contributed by atoms with Crippen LogP contribution in [0.3, 0.4) is 0 Å². The molecule has 3 unspecified atom stereocenters. The molecule has 0 saturated heterocycles. The van der Waals surface area contributed by atoms with Crippen LogP contribution >= 0.6 is 0 Å². The molecule has 1 aliphatic rings. The molecule has 0 amide bonds. The Morgan fingerprint density at radius 2 is 1.73 bits per heavy atom. The first-order chi connectivity index (χ1) is 6.99. The molecule has 0 aliphatic heterocycles. The minimum atomic E-state index is -0.0338. The van der Waals surface area contributed by atoms with Crippen LogP contribution in [-0.2, 0) is 0 Å². The number of nitrogens with zero attached hydrogens (tertiary/aromatic N) is 2. The van der Waals surface area contributed by atoms with E-state index in [1.807, 2.05) is 0 Å². The van der Waals surface area contributed by atoms with Crippen molar-refractivity contribution in [1.82, 2.24) is 0 Å². The van der Waals surface area contributed by atoms with Crippen LogP contribution in [0.5, 0.6) is 0 Å². The third-order valence-electron chi connectivity index (χ3n) is 3.13. The number of hydrogen-bond donors (Lipinski definition) is 3. The van der Waals surface area contributed by atoms with Crippen molar-refractivity contribution in [2.45, 2.75) is 39.2 Å². The van der Waals surface area contributed by atoms with Crippen LogP contribution in [-0.4, -0.2) is 18.0 Å². The van der Waals surface area contributed by atoms with Crippen molar-refractivity contribution in [2.24, 2.45) is 39.0 Å². The van der Waals surface area contributed by atoms with E-state index in [0.29, 0.717) is 5.92 Å². The quantitative estimate of drug-likeness (QED) is 0.432. The van der Waals surface area contributed by atoms with Crippen molar-refractivity contribution in [3.05, 3.63) is 0 Å². The maximum absolute atomic E-state index is 5.59. The van der Waals surface area contributed by atoms with Gasteiger partial charge in [0.15, 0.2) is 5.96 Å². The average Bonchev–Trinajstić information content (AvgIpc) is 2.10. The summed E-state index contributed by atoms with van der Waals surface area (Å²) in [6.07, 6.45) is 3.35. The van der Waals surface area contributed by atoms with Gasteiger partial charge in [-0.3, -0.25) is 0 Å². The highest BCUT2D eigenvalue weighted by Crippen LogP contribution is 2.30. The molecular weight excluding hydrogens is 190 g/mol. The monoisotopic (exact) mass is 211 g/mol. The van der Waals surface area contributed by atoms with Gasteiger partial charge in [-0.25, -0.2) is 4.99 Å². The molecule has 0 heterocycles. The second-order valence-electron chi connectivity index (χ2n) is 4.45. The molecule has 0 bridgehead atoms. The van der Waals surface area contributed by atoms with Gasteiger partial charge < -0.3 is 17.2 Å². The van der Waals surface area contributed by atoms with Gasteiger partial charge in [0.2, 0.25) is 5.96 Å². The highest BCUT2D eigenvalue weighted by molar-refractivity contribution is 5.92. The number of nitrogens with two attached hydrogens (primary N) is 3. The van der Waals surface area contributed by atoms with E-state index < -0.39 is 0 Å². The summed E-state index contributed by atoms with van der Waals surface area (Å²) >= 11 is 0. The fraction of sp³-hybridized carbons (Fsp3) is 0.800. The Hall–Kier alpha value is -1.26. The molecule has 3 atom stereocenters. The zero-order valence-corrected chi connectivity index (χ0v) is 9.48. The Labute approximate surface area is 90.8 Å². The Morgan fingerprint density at radius 3 is 2.27 bits per heavy atom. The Kier molecular flexibility index (Phi) is 3.94. The molecule has 1 saturated carbocycles. The normalized spacial score (nSPS) is 32.4. The van der Waals surface area contributed by atoms with E-state index in [1.54, 1.807) is 0 Å².